The van der Waals surface area contributed by atoms with Gasteiger partial charge in [0.1, 0.15) is 0 Å². The Morgan fingerprint density at radius 3 is 2.05 bits per heavy atom. The van der Waals surface area contributed by atoms with E-state index in [1.807, 2.05) is 0 Å². The lowest BCUT2D eigenvalue weighted by Gasteiger charge is -2.17. The van der Waals surface area contributed by atoms with Gasteiger partial charge >= 0.3 is 15.5 Å². The standard InChI is InChI=1S/C23H21F3N2O6S3/c1-15(28-37(33,34)23(24,25)26)16-7-10-19(11-8-16)35(29,30)20-12-9-18(17-5-6-17)14-21(20)36(31,32)22-4-2-3-13-27-22/h2-4,7-15,17,28H,5-6H2,1H3/t15-/m0/s1. The van der Waals surface area contributed by atoms with Crippen molar-refractivity contribution in [1.82, 2.24) is 9.71 Å². The highest BCUT2D eigenvalue weighted by Crippen LogP contribution is 2.42. The summed E-state index contributed by atoms with van der Waals surface area (Å²) in [5.74, 6) is 0.135. The van der Waals surface area contributed by atoms with Crippen molar-refractivity contribution < 1.29 is 38.4 Å². The van der Waals surface area contributed by atoms with Gasteiger partial charge in [-0.05, 0) is 73.2 Å². The third-order valence-corrected chi connectivity index (χ3v) is 10.8. The van der Waals surface area contributed by atoms with Crippen molar-refractivity contribution in [3.8, 4) is 0 Å². The molecule has 0 spiro atoms. The highest BCUT2D eigenvalue weighted by atomic mass is 32.2. The van der Waals surface area contributed by atoms with Crippen LogP contribution in [0.15, 0.2) is 86.6 Å². The normalized spacial score (nSPS) is 15.9. The second-order valence-corrected chi connectivity index (χ2v) is 14.0. The van der Waals surface area contributed by atoms with Gasteiger partial charge in [-0.1, -0.05) is 24.3 Å². The molecule has 0 aliphatic heterocycles. The molecular formula is C23H21F3N2O6S3. The molecule has 1 fully saturated rings. The summed E-state index contributed by atoms with van der Waals surface area (Å²) in [5, 5.41) is -0.319. The molecule has 198 valence electrons. The van der Waals surface area contributed by atoms with Gasteiger partial charge in [-0.25, -0.2) is 35.0 Å². The fourth-order valence-electron chi connectivity index (χ4n) is 3.68. The number of nitrogens with one attached hydrogen (secondary N) is 1. The summed E-state index contributed by atoms with van der Waals surface area (Å²) in [6, 6.07) is 11.5. The zero-order valence-electron chi connectivity index (χ0n) is 19.2. The van der Waals surface area contributed by atoms with Crippen LogP contribution in [0.1, 0.15) is 42.9 Å². The third-order valence-electron chi connectivity index (χ3n) is 5.84. The van der Waals surface area contributed by atoms with E-state index in [2.05, 4.69) is 4.98 Å². The Morgan fingerprint density at radius 1 is 0.865 bits per heavy atom. The van der Waals surface area contributed by atoms with Crippen LogP contribution in [-0.4, -0.2) is 35.7 Å². The van der Waals surface area contributed by atoms with Crippen molar-refractivity contribution in [2.75, 3.05) is 0 Å². The molecular weight excluding hydrogens is 553 g/mol. The van der Waals surface area contributed by atoms with Gasteiger partial charge in [0.25, 0.3) is 0 Å². The number of hydrogen-bond acceptors (Lipinski definition) is 7. The van der Waals surface area contributed by atoms with Crippen LogP contribution in [0.2, 0.25) is 0 Å². The van der Waals surface area contributed by atoms with Crippen LogP contribution in [0.3, 0.4) is 0 Å². The number of sulfonamides is 1. The van der Waals surface area contributed by atoms with E-state index >= 15 is 0 Å². The molecule has 0 unspecified atom stereocenters. The van der Waals surface area contributed by atoms with E-state index in [-0.39, 0.29) is 21.4 Å². The maximum absolute atomic E-state index is 13.5. The van der Waals surface area contributed by atoms with Gasteiger partial charge < -0.3 is 0 Å². The molecule has 1 aromatic heterocycles. The SMILES string of the molecule is C[C@H](NS(=O)(=O)C(F)(F)F)c1ccc(S(=O)(=O)c2ccc(C3CC3)cc2S(=O)(=O)c2ccccn2)cc1. The summed E-state index contributed by atoms with van der Waals surface area (Å²) in [5.41, 5.74) is -4.75. The summed E-state index contributed by atoms with van der Waals surface area (Å²) in [4.78, 5) is 2.65. The first-order valence-electron chi connectivity index (χ1n) is 10.9. The third kappa shape index (κ3) is 5.42. The first kappa shape index (κ1) is 27.2. The molecule has 0 bridgehead atoms. The van der Waals surface area contributed by atoms with Gasteiger partial charge in [0.2, 0.25) is 19.7 Å². The second kappa shape index (κ2) is 9.49. The van der Waals surface area contributed by atoms with E-state index in [9.17, 15) is 38.4 Å². The Bertz CT molecular complexity index is 1640. The van der Waals surface area contributed by atoms with Crippen molar-refractivity contribution in [3.63, 3.8) is 0 Å². The summed E-state index contributed by atoms with van der Waals surface area (Å²) < 4.78 is 116. The lowest BCUT2D eigenvalue weighted by atomic mass is 10.1. The van der Waals surface area contributed by atoms with Crippen LogP contribution in [0.4, 0.5) is 13.2 Å². The Morgan fingerprint density at radius 2 is 1.51 bits per heavy atom. The highest BCUT2D eigenvalue weighted by molar-refractivity contribution is 7.94. The molecule has 0 saturated heterocycles. The average molecular weight is 575 g/mol. The summed E-state index contributed by atoms with van der Waals surface area (Å²) in [6.45, 7) is 1.17. The van der Waals surface area contributed by atoms with Crippen molar-refractivity contribution >= 4 is 29.7 Å². The van der Waals surface area contributed by atoms with Crippen molar-refractivity contribution in [3.05, 3.63) is 78.0 Å². The molecule has 1 N–H and O–H groups in total. The second-order valence-electron chi connectivity index (χ2n) is 8.51. The number of aromatic nitrogens is 1. The lowest BCUT2D eigenvalue weighted by Crippen LogP contribution is -2.37. The van der Waals surface area contributed by atoms with Crippen molar-refractivity contribution in [1.29, 1.82) is 0 Å². The maximum atomic E-state index is 13.5. The van der Waals surface area contributed by atoms with Crippen LogP contribution in [-0.2, 0) is 29.7 Å². The predicted octanol–water partition coefficient (Wildman–Crippen LogP) is 4.12. The Labute approximate surface area is 212 Å². The van der Waals surface area contributed by atoms with Gasteiger partial charge in [0.05, 0.1) is 14.7 Å². The van der Waals surface area contributed by atoms with E-state index in [1.54, 1.807) is 6.07 Å². The maximum Gasteiger partial charge on any atom is 0.511 e. The lowest BCUT2D eigenvalue weighted by molar-refractivity contribution is -0.0450. The fraction of sp³-hybridized carbons (Fsp3) is 0.261. The monoisotopic (exact) mass is 574 g/mol. The zero-order valence-corrected chi connectivity index (χ0v) is 21.6. The fourth-order valence-corrected chi connectivity index (χ4v) is 7.70. The number of sulfone groups is 2. The predicted molar refractivity (Wildman–Crippen MR) is 127 cm³/mol. The van der Waals surface area contributed by atoms with E-state index in [1.165, 1.54) is 48.2 Å². The number of benzene rings is 2. The molecule has 14 heteroatoms. The summed E-state index contributed by atoms with van der Waals surface area (Å²) >= 11 is 0. The van der Waals surface area contributed by atoms with E-state index in [0.29, 0.717) is 5.56 Å². The quantitative estimate of drug-likeness (QED) is 0.429. The van der Waals surface area contributed by atoms with Crippen LogP contribution in [0.25, 0.3) is 0 Å². The topological polar surface area (TPSA) is 127 Å². The molecule has 8 nitrogen and oxygen atoms in total. The molecule has 2 aromatic carbocycles. The molecule has 37 heavy (non-hydrogen) atoms. The molecule has 1 saturated carbocycles. The van der Waals surface area contributed by atoms with Crippen LogP contribution < -0.4 is 4.72 Å². The number of hydrogen-bond donors (Lipinski definition) is 1. The van der Waals surface area contributed by atoms with Crippen molar-refractivity contribution in [2.45, 2.75) is 56.9 Å². The highest BCUT2D eigenvalue weighted by Gasteiger charge is 2.46. The van der Waals surface area contributed by atoms with Crippen LogP contribution in [0.5, 0.6) is 0 Å². The Kier molecular flexibility index (Phi) is 6.99. The molecule has 1 aliphatic rings. The van der Waals surface area contributed by atoms with E-state index < -0.39 is 51.0 Å². The molecule has 4 rings (SSSR count). The zero-order chi connectivity index (χ0) is 27.2. The number of halogens is 3. The van der Waals surface area contributed by atoms with Gasteiger partial charge in [0.15, 0.2) is 5.03 Å². The number of alkyl halides is 3. The van der Waals surface area contributed by atoms with Gasteiger partial charge in [-0.15, -0.1) is 0 Å². The average Bonchev–Trinajstić information content (AvgIpc) is 3.69. The van der Waals surface area contributed by atoms with Crippen LogP contribution >= 0.6 is 0 Å². The first-order chi connectivity index (χ1) is 17.1. The molecule has 1 atom stereocenters. The van der Waals surface area contributed by atoms with Gasteiger partial charge in [0, 0.05) is 12.2 Å². The number of nitrogens with zero attached hydrogens (tertiary/aromatic N) is 1. The van der Waals surface area contributed by atoms with Gasteiger partial charge in [-0.2, -0.15) is 13.2 Å². The summed E-state index contributed by atoms with van der Waals surface area (Å²) in [6.07, 6.45) is 2.98. The number of rotatable bonds is 8. The number of pyridine rings is 1. The Hall–Kier alpha value is -2.81. The molecule has 3 aromatic rings. The minimum Gasteiger partial charge on any atom is -0.244 e. The van der Waals surface area contributed by atoms with Gasteiger partial charge in [-0.3, -0.25) is 0 Å². The minimum atomic E-state index is -5.62. The van der Waals surface area contributed by atoms with Crippen LogP contribution in [0, 0.1) is 0 Å². The molecule has 1 aliphatic carbocycles. The first-order valence-corrected chi connectivity index (χ1v) is 15.3. The Balaban J connectivity index is 1.74. The smallest absolute Gasteiger partial charge is 0.244 e. The molecule has 0 amide bonds. The van der Waals surface area contributed by atoms with Crippen molar-refractivity contribution in [2.24, 2.45) is 0 Å². The van der Waals surface area contributed by atoms with E-state index in [4.69, 9.17) is 0 Å². The summed E-state index contributed by atoms with van der Waals surface area (Å²) in [7, 11) is -14.3. The largest absolute Gasteiger partial charge is 0.511 e. The van der Waals surface area contributed by atoms with E-state index in [0.717, 1.165) is 37.1 Å². The molecule has 1 heterocycles. The minimum absolute atomic E-state index is 0.0668. The molecule has 0 radical (unpaired) electrons.